The summed E-state index contributed by atoms with van der Waals surface area (Å²) in [4.78, 5) is 4.87. The molecule has 0 spiro atoms. The molecular formula is C63H48N2. The summed E-state index contributed by atoms with van der Waals surface area (Å²) < 4.78 is 0. The van der Waals surface area contributed by atoms with Crippen LogP contribution < -0.4 is 9.80 Å². The van der Waals surface area contributed by atoms with Gasteiger partial charge in [0.25, 0.3) is 0 Å². The second-order valence-electron chi connectivity index (χ2n) is 19.3. The molecular weight excluding hydrogens is 785 g/mol. The minimum atomic E-state index is -0.226. The summed E-state index contributed by atoms with van der Waals surface area (Å²) in [6, 6.07) is 76.7. The highest BCUT2D eigenvalue weighted by molar-refractivity contribution is 6.12. The van der Waals surface area contributed by atoms with Crippen LogP contribution in [0.3, 0.4) is 0 Å². The Morgan fingerprint density at radius 1 is 0.308 bits per heavy atom. The van der Waals surface area contributed by atoms with E-state index in [1.165, 1.54) is 99.7 Å². The van der Waals surface area contributed by atoms with Gasteiger partial charge >= 0.3 is 0 Å². The smallest absolute Gasteiger partial charge is 0.0543 e. The fraction of sp³-hybridized carbons (Fsp3) is 0.111. The van der Waals surface area contributed by atoms with E-state index in [-0.39, 0.29) is 10.8 Å². The van der Waals surface area contributed by atoms with E-state index in [2.05, 4.69) is 244 Å². The first-order valence-corrected chi connectivity index (χ1v) is 23.1. The first kappa shape index (κ1) is 37.8. The largest absolute Gasteiger partial charge is 0.310 e. The molecule has 0 bridgehead atoms. The molecule has 0 unspecified atom stereocenters. The lowest BCUT2D eigenvalue weighted by Crippen LogP contribution is -2.18. The van der Waals surface area contributed by atoms with Crippen LogP contribution in [0.15, 0.2) is 206 Å². The predicted octanol–water partition coefficient (Wildman–Crippen LogP) is 17.1. The highest BCUT2D eigenvalue weighted by Crippen LogP contribution is 2.60. The fourth-order valence-electron chi connectivity index (χ4n) is 11.9. The number of para-hydroxylation sites is 4. The Hall–Kier alpha value is -7.68. The van der Waals surface area contributed by atoms with Crippen LogP contribution in [0, 0.1) is 0 Å². The molecule has 65 heavy (non-hydrogen) atoms. The van der Waals surface area contributed by atoms with Crippen molar-refractivity contribution in [3.8, 4) is 33.4 Å². The van der Waals surface area contributed by atoms with Gasteiger partial charge in [-0.2, -0.15) is 0 Å². The summed E-state index contributed by atoms with van der Waals surface area (Å²) in [6.07, 6.45) is 0.902. The third-order valence-electron chi connectivity index (χ3n) is 15.0. The van der Waals surface area contributed by atoms with Crippen molar-refractivity contribution in [3.63, 3.8) is 0 Å². The Kier molecular flexibility index (Phi) is 8.10. The van der Waals surface area contributed by atoms with Gasteiger partial charge in [0.2, 0.25) is 0 Å². The fourth-order valence-corrected chi connectivity index (χ4v) is 11.9. The quantitative estimate of drug-likeness (QED) is 0.165. The molecule has 310 valence electrons. The SMILES string of the molecule is CC1(C)c2cc3c(cc2-c2cc4c(cc21)-c1c(cc(N(c2ccccc2)c2ccccc2)c2ccccc12)C4(C)C)Cc1cc(N(c2ccccc2)c2ccccc2)c2ccccc2c1-3. The van der Waals surface area contributed by atoms with Crippen LogP contribution in [0.5, 0.6) is 0 Å². The molecule has 2 nitrogen and oxygen atoms in total. The lowest BCUT2D eigenvalue weighted by molar-refractivity contribution is 0.652. The summed E-state index contributed by atoms with van der Waals surface area (Å²) in [5.41, 5.74) is 23.3. The molecule has 0 saturated carbocycles. The summed E-state index contributed by atoms with van der Waals surface area (Å²) in [7, 11) is 0. The average molecular weight is 833 g/mol. The van der Waals surface area contributed by atoms with Crippen molar-refractivity contribution in [1.29, 1.82) is 0 Å². The Bertz CT molecular complexity index is 3470. The zero-order chi connectivity index (χ0) is 43.6. The summed E-state index contributed by atoms with van der Waals surface area (Å²) in [6.45, 7) is 9.78. The van der Waals surface area contributed by atoms with E-state index in [9.17, 15) is 0 Å². The standard InChI is InChI=1S/C63H48N2/c1-62(2)54-36-50-40(33-41-35-58(46-29-17-19-31-48(46)60(41)50)64(42-21-9-5-10-22-42)43-23-11-6-12-24-43)34-51(54)52-37-56-53(38-55(52)62)61-49-32-20-18-30-47(49)59(39-57(61)63(56,3)4)65(44-25-13-7-14-26-44)45-27-15-8-16-28-45/h5-32,34-39H,33H2,1-4H3. The highest BCUT2D eigenvalue weighted by atomic mass is 15.1. The maximum atomic E-state index is 2.58. The number of fused-ring (bicyclic) bond motifs is 13. The molecule has 0 heterocycles. The number of hydrogen-bond acceptors (Lipinski definition) is 2. The highest BCUT2D eigenvalue weighted by Gasteiger charge is 2.44. The predicted molar refractivity (Wildman–Crippen MR) is 274 cm³/mol. The van der Waals surface area contributed by atoms with Crippen LogP contribution >= 0.6 is 0 Å². The first-order valence-electron chi connectivity index (χ1n) is 23.1. The summed E-state index contributed by atoms with van der Waals surface area (Å²) >= 11 is 0. The van der Waals surface area contributed by atoms with Crippen molar-refractivity contribution in [2.75, 3.05) is 9.80 Å². The van der Waals surface area contributed by atoms with Crippen LogP contribution in [0.25, 0.3) is 54.9 Å². The van der Waals surface area contributed by atoms with Gasteiger partial charge in [-0.1, -0.05) is 149 Å². The zero-order valence-electron chi connectivity index (χ0n) is 37.2. The maximum Gasteiger partial charge on any atom is 0.0543 e. The molecule has 0 fully saturated rings. The normalized spacial score (nSPS) is 14.3. The van der Waals surface area contributed by atoms with Gasteiger partial charge in [0, 0.05) is 44.4 Å². The number of rotatable bonds is 6. The van der Waals surface area contributed by atoms with Crippen molar-refractivity contribution in [3.05, 3.63) is 240 Å². The molecule has 10 aromatic rings. The molecule has 0 aromatic heterocycles. The molecule has 0 atom stereocenters. The topological polar surface area (TPSA) is 6.48 Å². The van der Waals surface area contributed by atoms with Gasteiger partial charge in [-0.05, 0) is 169 Å². The van der Waals surface area contributed by atoms with E-state index in [0.717, 1.165) is 29.2 Å². The minimum absolute atomic E-state index is 0.190. The van der Waals surface area contributed by atoms with Crippen molar-refractivity contribution in [1.82, 2.24) is 0 Å². The van der Waals surface area contributed by atoms with E-state index < -0.39 is 0 Å². The van der Waals surface area contributed by atoms with Gasteiger partial charge in [-0.25, -0.2) is 0 Å². The van der Waals surface area contributed by atoms with Crippen molar-refractivity contribution in [2.24, 2.45) is 0 Å². The number of anilines is 6. The van der Waals surface area contributed by atoms with Gasteiger partial charge < -0.3 is 9.80 Å². The van der Waals surface area contributed by atoms with Gasteiger partial charge in [0.15, 0.2) is 0 Å². The van der Waals surface area contributed by atoms with E-state index in [0.29, 0.717) is 0 Å². The second kappa shape index (κ2) is 13.9. The molecule has 13 rings (SSSR count). The average Bonchev–Trinajstić information content (AvgIpc) is 3.90. The van der Waals surface area contributed by atoms with Crippen LogP contribution in [-0.2, 0) is 17.3 Å². The first-order chi connectivity index (χ1) is 31.8. The van der Waals surface area contributed by atoms with Crippen LogP contribution in [-0.4, -0.2) is 0 Å². The van der Waals surface area contributed by atoms with Gasteiger partial charge in [-0.3, -0.25) is 0 Å². The van der Waals surface area contributed by atoms with Crippen LogP contribution in [0.4, 0.5) is 34.1 Å². The third-order valence-corrected chi connectivity index (χ3v) is 15.0. The molecule has 2 heteroatoms. The van der Waals surface area contributed by atoms with E-state index in [1.807, 2.05) is 0 Å². The van der Waals surface area contributed by atoms with Crippen LogP contribution in [0.2, 0.25) is 0 Å². The number of nitrogens with zero attached hydrogens (tertiary/aromatic N) is 2. The molecule has 0 aliphatic heterocycles. The van der Waals surface area contributed by atoms with E-state index in [4.69, 9.17) is 0 Å². The Morgan fingerprint density at radius 3 is 1.18 bits per heavy atom. The molecule has 3 aliphatic rings. The lowest BCUT2D eigenvalue weighted by Gasteiger charge is -2.29. The molecule has 0 radical (unpaired) electrons. The van der Waals surface area contributed by atoms with Crippen LogP contribution in [0.1, 0.15) is 61.1 Å². The number of benzene rings is 10. The van der Waals surface area contributed by atoms with E-state index >= 15 is 0 Å². The molecule has 0 amide bonds. The summed E-state index contributed by atoms with van der Waals surface area (Å²) in [5, 5.41) is 5.13. The lowest BCUT2D eigenvalue weighted by atomic mass is 9.79. The van der Waals surface area contributed by atoms with Gasteiger partial charge in [-0.15, -0.1) is 0 Å². The third kappa shape index (κ3) is 5.47. The minimum Gasteiger partial charge on any atom is -0.310 e. The second-order valence-corrected chi connectivity index (χ2v) is 19.3. The van der Waals surface area contributed by atoms with Gasteiger partial charge in [0.1, 0.15) is 0 Å². The monoisotopic (exact) mass is 832 g/mol. The molecule has 0 N–H and O–H groups in total. The number of hydrogen-bond donors (Lipinski definition) is 0. The van der Waals surface area contributed by atoms with Gasteiger partial charge in [0.05, 0.1) is 11.4 Å². The maximum absolute atomic E-state index is 2.58. The zero-order valence-corrected chi connectivity index (χ0v) is 37.2. The Morgan fingerprint density at radius 2 is 0.677 bits per heavy atom. The van der Waals surface area contributed by atoms with Crippen molar-refractivity contribution in [2.45, 2.75) is 44.9 Å². The molecule has 3 aliphatic carbocycles. The van der Waals surface area contributed by atoms with Crippen molar-refractivity contribution < 1.29 is 0 Å². The van der Waals surface area contributed by atoms with E-state index in [1.54, 1.807) is 0 Å². The molecule has 0 saturated heterocycles. The Labute approximate surface area is 381 Å². The Balaban J connectivity index is 0.966. The van der Waals surface area contributed by atoms with Crippen molar-refractivity contribution >= 4 is 55.7 Å². The molecule has 10 aromatic carbocycles. The summed E-state index contributed by atoms with van der Waals surface area (Å²) in [5.74, 6) is 0.